The third-order valence-corrected chi connectivity index (χ3v) is 8.18. The van der Waals surface area contributed by atoms with Crippen LogP contribution >= 0.6 is 0 Å². The van der Waals surface area contributed by atoms with Gasteiger partial charge in [-0.1, -0.05) is 91.0 Å². The molecule has 0 atom stereocenters. The zero-order chi connectivity index (χ0) is 28.6. The molecule has 0 amide bonds. The van der Waals surface area contributed by atoms with Gasteiger partial charge in [0.15, 0.2) is 0 Å². The fraction of sp³-hybridized carbons (Fsp3) is 0.0769. The summed E-state index contributed by atoms with van der Waals surface area (Å²) in [4.78, 5) is 0. The zero-order valence-corrected chi connectivity index (χ0v) is 23.8. The van der Waals surface area contributed by atoms with Gasteiger partial charge in [0.05, 0.1) is 21.3 Å². The van der Waals surface area contributed by atoms with Crippen LogP contribution < -0.4 is 14.2 Å². The van der Waals surface area contributed by atoms with Gasteiger partial charge in [-0.15, -0.1) is 0 Å². The highest BCUT2D eigenvalue weighted by Crippen LogP contribution is 2.43. The van der Waals surface area contributed by atoms with Crippen LogP contribution in [0.2, 0.25) is 0 Å². The minimum Gasteiger partial charge on any atom is -0.496 e. The first-order chi connectivity index (χ1) is 20.7. The van der Waals surface area contributed by atoms with Gasteiger partial charge in [-0.2, -0.15) is 0 Å². The molecule has 42 heavy (non-hydrogen) atoms. The molecular weight excluding hydrogens is 516 g/mol. The Morgan fingerprint density at radius 2 is 0.571 bits per heavy atom. The summed E-state index contributed by atoms with van der Waals surface area (Å²) in [5.74, 6) is 2.61. The molecule has 0 fully saturated rings. The summed E-state index contributed by atoms with van der Waals surface area (Å²) in [5, 5.41) is 6.73. The second kappa shape index (κ2) is 10.6. The van der Waals surface area contributed by atoms with Crippen LogP contribution in [0, 0.1) is 0 Å². The van der Waals surface area contributed by atoms with E-state index in [2.05, 4.69) is 127 Å². The third-order valence-electron chi connectivity index (χ3n) is 8.18. The maximum Gasteiger partial charge on any atom is 0.126 e. The van der Waals surface area contributed by atoms with Crippen molar-refractivity contribution in [3.05, 3.63) is 127 Å². The molecule has 3 nitrogen and oxygen atoms in total. The molecule has 7 rings (SSSR count). The first-order valence-corrected chi connectivity index (χ1v) is 14.0. The van der Waals surface area contributed by atoms with E-state index in [0.29, 0.717) is 0 Å². The van der Waals surface area contributed by atoms with Crippen molar-refractivity contribution in [1.82, 2.24) is 0 Å². The van der Waals surface area contributed by atoms with E-state index in [1.807, 2.05) is 0 Å². The van der Waals surface area contributed by atoms with Gasteiger partial charge >= 0.3 is 0 Å². The lowest BCUT2D eigenvalue weighted by Crippen LogP contribution is -1.92. The molecule has 0 bridgehead atoms. The Bertz CT molecular complexity index is 1860. The number of fused-ring (bicyclic) bond motifs is 3. The van der Waals surface area contributed by atoms with Gasteiger partial charge in [-0.05, 0) is 85.9 Å². The molecule has 0 saturated carbocycles. The number of ether oxygens (including phenoxy) is 3. The number of hydrogen-bond acceptors (Lipinski definition) is 3. The molecule has 0 aromatic heterocycles. The van der Waals surface area contributed by atoms with E-state index in [9.17, 15) is 0 Å². The van der Waals surface area contributed by atoms with E-state index in [0.717, 1.165) is 82.9 Å². The Kier molecular flexibility index (Phi) is 6.48. The topological polar surface area (TPSA) is 27.7 Å². The Balaban J connectivity index is 1.55. The first kappa shape index (κ1) is 25.7. The Morgan fingerprint density at radius 3 is 0.833 bits per heavy atom. The zero-order valence-electron chi connectivity index (χ0n) is 23.8. The third kappa shape index (κ3) is 4.22. The molecule has 0 aliphatic rings. The standard InChI is InChI=1S/C39H30O3/c1-40-37-19-16-28(31-10-4-7-13-34(31)37)25-22-26(29-17-20-38(41-2)35-14-8-5-11-32(29)35)24-27(23-25)30-18-21-39(42-3)36-15-9-6-12-33(30)36/h4-24H,1-3H3. The van der Waals surface area contributed by atoms with Crippen LogP contribution in [0.1, 0.15) is 0 Å². The molecule has 0 N–H and O–H groups in total. The average molecular weight is 547 g/mol. The van der Waals surface area contributed by atoms with Crippen LogP contribution in [0.5, 0.6) is 17.2 Å². The van der Waals surface area contributed by atoms with Gasteiger partial charge in [0.1, 0.15) is 17.2 Å². The molecule has 0 heterocycles. The van der Waals surface area contributed by atoms with Crippen LogP contribution in [-0.2, 0) is 0 Å². The lowest BCUT2D eigenvalue weighted by Gasteiger charge is -2.17. The molecule has 204 valence electrons. The van der Waals surface area contributed by atoms with Crippen molar-refractivity contribution in [2.24, 2.45) is 0 Å². The van der Waals surface area contributed by atoms with E-state index in [1.165, 1.54) is 0 Å². The monoisotopic (exact) mass is 546 g/mol. The van der Waals surface area contributed by atoms with Crippen molar-refractivity contribution in [2.75, 3.05) is 21.3 Å². The quantitative estimate of drug-likeness (QED) is 0.208. The second-order valence-corrected chi connectivity index (χ2v) is 10.4. The second-order valence-electron chi connectivity index (χ2n) is 10.4. The predicted octanol–water partition coefficient (Wildman–Crippen LogP) is 10.2. The van der Waals surface area contributed by atoms with E-state index in [4.69, 9.17) is 14.2 Å². The lowest BCUT2D eigenvalue weighted by molar-refractivity contribution is 0.420. The van der Waals surface area contributed by atoms with Crippen LogP contribution in [0.3, 0.4) is 0 Å². The highest BCUT2D eigenvalue weighted by atomic mass is 16.5. The molecule has 0 spiro atoms. The SMILES string of the molecule is COc1ccc(-c2cc(-c3ccc(OC)c4ccccc34)cc(-c3ccc(OC)c4ccccc34)c2)c2ccccc12. The number of benzene rings is 7. The van der Waals surface area contributed by atoms with Crippen LogP contribution in [-0.4, -0.2) is 21.3 Å². The van der Waals surface area contributed by atoms with Gasteiger partial charge in [0.2, 0.25) is 0 Å². The number of hydrogen-bond donors (Lipinski definition) is 0. The van der Waals surface area contributed by atoms with Crippen molar-refractivity contribution in [1.29, 1.82) is 0 Å². The average Bonchev–Trinajstić information content (AvgIpc) is 3.06. The fourth-order valence-corrected chi connectivity index (χ4v) is 6.20. The van der Waals surface area contributed by atoms with Crippen molar-refractivity contribution in [3.63, 3.8) is 0 Å². The van der Waals surface area contributed by atoms with Crippen LogP contribution in [0.25, 0.3) is 65.7 Å². The van der Waals surface area contributed by atoms with Crippen LogP contribution in [0.4, 0.5) is 0 Å². The van der Waals surface area contributed by atoms with E-state index in [-0.39, 0.29) is 0 Å². The molecule has 7 aromatic rings. The molecule has 3 heteroatoms. The van der Waals surface area contributed by atoms with Crippen molar-refractivity contribution < 1.29 is 14.2 Å². The number of methoxy groups -OCH3 is 3. The van der Waals surface area contributed by atoms with Crippen molar-refractivity contribution in [3.8, 4) is 50.6 Å². The molecule has 7 aromatic carbocycles. The normalized spacial score (nSPS) is 11.2. The minimum absolute atomic E-state index is 0.869. The maximum atomic E-state index is 5.72. The highest BCUT2D eigenvalue weighted by Gasteiger charge is 2.16. The minimum atomic E-state index is 0.869. The van der Waals surface area contributed by atoms with E-state index < -0.39 is 0 Å². The molecule has 0 aliphatic heterocycles. The highest BCUT2D eigenvalue weighted by molar-refractivity contribution is 6.06. The van der Waals surface area contributed by atoms with E-state index >= 15 is 0 Å². The number of rotatable bonds is 6. The summed E-state index contributed by atoms with van der Waals surface area (Å²) in [7, 11) is 5.18. The Labute approximate surface area is 245 Å². The van der Waals surface area contributed by atoms with Gasteiger partial charge in [0.25, 0.3) is 0 Å². The maximum absolute atomic E-state index is 5.72. The summed E-state index contributed by atoms with van der Waals surface area (Å²) in [6, 6.07) is 44.9. The van der Waals surface area contributed by atoms with Gasteiger partial charge in [-0.25, -0.2) is 0 Å². The lowest BCUT2D eigenvalue weighted by atomic mass is 9.88. The summed E-state index contributed by atoms with van der Waals surface area (Å²) in [6.07, 6.45) is 0. The summed E-state index contributed by atoms with van der Waals surface area (Å²) in [6.45, 7) is 0. The summed E-state index contributed by atoms with van der Waals surface area (Å²) in [5.41, 5.74) is 6.89. The predicted molar refractivity (Wildman–Crippen MR) is 175 cm³/mol. The van der Waals surface area contributed by atoms with Gasteiger partial charge < -0.3 is 14.2 Å². The van der Waals surface area contributed by atoms with Crippen molar-refractivity contribution in [2.45, 2.75) is 0 Å². The van der Waals surface area contributed by atoms with Crippen molar-refractivity contribution >= 4 is 32.3 Å². The largest absolute Gasteiger partial charge is 0.496 e. The summed E-state index contributed by atoms with van der Waals surface area (Å²) >= 11 is 0. The van der Waals surface area contributed by atoms with Gasteiger partial charge in [-0.3, -0.25) is 0 Å². The molecule has 0 radical (unpaired) electrons. The molecule has 0 aliphatic carbocycles. The molecule has 0 saturated heterocycles. The van der Waals surface area contributed by atoms with Crippen LogP contribution in [0.15, 0.2) is 127 Å². The Morgan fingerprint density at radius 1 is 0.310 bits per heavy atom. The smallest absolute Gasteiger partial charge is 0.126 e. The fourth-order valence-electron chi connectivity index (χ4n) is 6.20. The first-order valence-electron chi connectivity index (χ1n) is 14.0. The van der Waals surface area contributed by atoms with Gasteiger partial charge in [0, 0.05) is 16.2 Å². The Hall–Kier alpha value is -5.28. The van der Waals surface area contributed by atoms with E-state index in [1.54, 1.807) is 21.3 Å². The molecule has 0 unspecified atom stereocenters. The summed E-state index contributed by atoms with van der Waals surface area (Å²) < 4.78 is 17.2. The molecular formula is C39H30O3.